The van der Waals surface area contributed by atoms with E-state index in [-0.39, 0.29) is 5.02 Å². The van der Waals surface area contributed by atoms with Crippen molar-refractivity contribution in [3.63, 3.8) is 0 Å². The summed E-state index contributed by atoms with van der Waals surface area (Å²) in [5.41, 5.74) is 0.879. The van der Waals surface area contributed by atoms with E-state index in [1.54, 1.807) is 13.8 Å². The SMILES string of the molecule is Cc1nc(C)c(C(=O)O[C@@H](C)C(=O)Nc2ccc(F)c(Cl)c2)s1. The molecule has 0 spiro atoms. The van der Waals surface area contributed by atoms with E-state index in [1.165, 1.54) is 30.4 Å². The highest BCUT2D eigenvalue weighted by Crippen LogP contribution is 2.21. The largest absolute Gasteiger partial charge is 0.448 e. The first kappa shape index (κ1) is 17.4. The summed E-state index contributed by atoms with van der Waals surface area (Å²) in [6.45, 7) is 4.93. The molecule has 2 aromatic rings. The van der Waals surface area contributed by atoms with Gasteiger partial charge in [-0.1, -0.05) is 11.6 Å². The van der Waals surface area contributed by atoms with Gasteiger partial charge in [0, 0.05) is 5.69 Å². The number of halogens is 2. The third kappa shape index (κ3) is 4.27. The van der Waals surface area contributed by atoms with Crippen LogP contribution in [-0.2, 0) is 9.53 Å². The number of benzene rings is 1. The summed E-state index contributed by atoms with van der Waals surface area (Å²) >= 11 is 6.85. The number of hydrogen-bond donors (Lipinski definition) is 1. The van der Waals surface area contributed by atoms with Crippen LogP contribution in [0.2, 0.25) is 5.02 Å². The van der Waals surface area contributed by atoms with E-state index in [4.69, 9.17) is 16.3 Å². The number of rotatable bonds is 4. The van der Waals surface area contributed by atoms with Crippen LogP contribution in [0.3, 0.4) is 0 Å². The highest BCUT2D eigenvalue weighted by Gasteiger charge is 2.22. The number of nitrogens with one attached hydrogen (secondary N) is 1. The van der Waals surface area contributed by atoms with Crippen molar-refractivity contribution in [1.82, 2.24) is 4.98 Å². The van der Waals surface area contributed by atoms with E-state index < -0.39 is 23.8 Å². The fourth-order valence-corrected chi connectivity index (χ4v) is 2.79. The topological polar surface area (TPSA) is 68.3 Å². The molecule has 0 saturated carbocycles. The zero-order chi connectivity index (χ0) is 17.1. The van der Waals surface area contributed by atoms with Gasteiger partial charge in [-0.05, 0) is 39.0 Å². The molecule has 5 nitrogen and oxygen atoms in total. The molecular weight excluding hydrogens is 343 g/mol. The molecule has 1 aromatic heterocycles. The summed E-state index contributed by atoms with van der Waals surface area (Å²) in [5, 5.41) is 3.14. The fraction of sp³-hybridized carbons (Fsp3) is 0.267. The van der Waals surface area contributed by atoms with Crippen LogP contribution in [0.1, 0.15) is 27.3 Å². The van der Waals surface area contributed by atoms with E-state index in [2.05, 4.69) is 10.3 Å². The Bertz CT molecular complexity index is 763. The van der Waals surface area contributed by atoms with Crippen LogP contribution in [0.4, 0.5) is 10.1 Å². The van der Waals surface area contributed by atoms with E-state index >= 15 is 0 Å². The molecule has 8 heteroatoms. The highest BCUT2D eigenvalue weighted by atomic mass is 35.5. The summed E-state index contributed by atoms with van der Waals surface area (Å²) in [6, 6.07) is 3.78. The molecule has 2 rings (SSSR count). The number of carbonyl (C=O) groups excluding carboxylic acids is 2. The Morgan fingerprint density at radius 1 is 1.39 bits per heavy atom. The maximum absolute atomic E-state index is 13.1. The number of nitrogens with zero attached hydrogens (tertiary/aromatic N) is 1. The van der Waals surface area contributed by atoms with Gasteiger partial charge in [-0.25, -0.2) is 14.2 Å². The van der Waals surface area contributed by atoms with Crippen LogP contribution in [0, 0.1) is 19.7 Å². The zero-order valence-corrected chi connectivity index (χ0v) is 14.2. The van der Waals surface area contributed by atoms with Crippen molar-refractivity contribution in [2.75, 3.05) is 5.32 Å². The van der Waals surface area contributed by atoms with Crippen LogP contribution in [0.25, 0.3) is 0 Å². The van der Waals surface area contributed by atoms with E-state index in [1.807, 2.05) is 0 Å². The molecule has 0 aliphatic rings. The van der Waals surface area contributed by atoms with Crippen LogP contribution in [-0.4, -0.2) is 23.0 Å². The van der Waals surface area contributed by atoms with Crippen molar-refractivity contribution in [1.29, 1.82) is 0 Å². The molecule has 1 heterocycles. The van der Waals surface area contributed by atoms with Crippen LogP contribution < -0.4 is 5.32 Å². The normalized spacial score (nSPS) is 11.9. The fourth-order valence-electron chi connectivity index (χ4n) is 1.81. The molecule has 0 aliphatic heterocycles. The van der Waals surface area contributed by atoms with Gasteiger partial charge in [0.15, 0.2) is 6.10 Å². The first-order valence-corrected chi connectivity index (χ1v) is 7.88. The van der Waals surface area contributed by atoms with Gasteiger partial charge in [0.2, 0.25) is 0 Å². The van der Waals surface area contributed by atoms with Crippen molar-refractivity contribution < 1.29 is 18.7 Å². The van der Waals surface area contributed by atoms with Gasteiger partial charge in [0.05, 0.1) is 15.7 Å². The van der Waals surface area contributed by atoms with Crippen molar-refractivity contribution in [3.05, 3.63) is 44.6 Å². The second kappa shape index (κ2) is 7.06. The van der Waals surface area contributed by atoms with Crippen molar-refractivity contribution in [2.45, 2.75) is 26.9 Å². The minimum atomic E-state index is -1.02. The maximum Gasteiger partial charge on any atom is 0.351 e. The van der Waals surface area contributed by atoms with Crippen LogP contribution in [0.5, 0.6) is 0 Å². The highest BCUT2D eigenvalue weighted by molar-refractivity contribution is 7.13. The summed E-state index contributed by atoms with van der Waals surface area (Å²) in [7, 11) is 0. The smallest absolute Gasteiger partial charge is 0.351 e. The number of hydrogen-bond acceptors (Lipinski definition) is 5. The number of carbonyl (C=O) groups is 2. The van der Waals surface area contributed by atoms with Crippen molar-refractivity contribution in [2.24, 2.45) is 0 Å². The second-order valence-electron chi connectivity index (χ2n) is 4.81. The first-order valence-electron chi connectivity index (χ1n) is 6.69. The lowest BCUT2D eigenvalue weighted by molar-refractivity contribution is -0.123. The summed E-state index contributed by atoms with van der Waals surface area (Å²) in [4.78, 5) is 28.6. The van der Waals surface area contributed by atoms with Gasteiger partial charge in [0.25, 0.3) is 5.91 Å². The van der Waals surface area contributed by atoms with Gasteiger partial charge < -0.3 is 10.1 Å². The second-order valence-corrected chi connectivity index (χ2v) is 6.42. The Morgan fingerprint density at radius 2 is 2.09 bits per heavy atom. The molecule has 0 radical (unpaired) electrons. The molecule has 23 heavy (non-hydrogen) atoms. The molecular formula is C15H14ClFN2O3S. The average Bonchev–Trinajstić information content (AvgIpc) is 2.81. The van der Waals surface area contributed by atoms with Crippen molar-refractivity contribution >= 4 is 40.5 Å². The summed E-state index contributed by atoms with van der Waals surface area (Å²) in [6.07, 6.45) is -1.02. The number of ether oxygens (including phenoxy) is 1. The quantitative estimate of drug-likeness (QED) is 0.847. The Labute approximate surface area is 141 Å². The molecule has 1 N–H and O–H groups in total. The Kier molecular flexibility index (Phi) is 5.33. The van der Waals surface area contributed by atoms with Gasteiger partial charge >= 0.3 is 5.97 Å². The third-order valence-corrected chi connectivity index (χ3v) is 4.27. The lowest BCUT2D eigenvalue weighted by Gasteiger charge is -2.13. The molecule has 1 atom stereocenters. The number of aryl methyl sites for hydroxylation is 2. The maximum atomic E-state index is 13.1. The summed E-state index contributed by atoms with van der Waals surface area (Å²) < 4.78 is 18.2. The van der Waals surface area contributed by atoms with Gasteiger partial charge in [-0.2, -0.15) is 0 Å². The van der Waals surface area contributed by atoms with Gasteiger partial charge in [0.1, 0.15) is 10.7 Å². The Morgan fingerprint density at radius 3 is 2.65 bits per heavy atom. The van der Waals surface area contributed by atoms with Gasteiger partial charge in [-0.15, -0.1) is 11.3 Å². The number of aromatic nitrogens is 1. The standard InChI is InChI=1S/C15H14ClFN2O3S/c1-7-13(23-9(3)18-7)15(21)22-8(2)14(20)19-10-4-5-12(17)11(16)6-10/h4-6,8H,1-3H3,(H,19,20)/t8-/m0/s1. The Hall–Kier alpha value is -1.99. The predicted octanol–water partition coefficient (Wildman–Crippen LogP) is 3.74. The molecule has 122 valence electrons. The van der Waals surface area contributed by atoms with E-state index in [0.717, 1.165) is 11.1 Å². The first-order chi connectivity index (χ1) is 10.8. The number of esters is 1. The van der Waals surface area contributed by atoms with Crippen LogP contribution >= 0.6 is 22.9 Å². The zero-order valence-electron chi connectivity index (χ0n) is 12.6. The molecule has 1 amide bonds. The predicted molar refractivity (Wildman–Crippen MR) is 86.5 cm³/mol. The number of anilines is 1. The third-order valence-electron chi connectivity index (χ3n) is 2.93. The average molecular weight is 357 g/mol. The molecule has 0 saturated heterocycles. The molecule has 0 aliphatic carbocycles. The van der Waals surface area contributed by atoms with E-state index in [9.17, 15) is 14.0 Å². The van der Waals surface area contributed by atoms with E-state index in [0.29, 0.717) is 16.3 Å². The lowest BCUT2D eigenvalue weighted by Crippen LogP contribution is -2.30. The molecule has 1 aromatic carbocycles. The monoisotopic (exact) mass is 356 g/mol. The molecule has 0 unspecified atom stereocenters. The van der Waals surface area contributed by atoms with Crippen LogP contribution in [0.15, 0.2) is 18.2 Å². The molecule has 0 bridgehead atoms. The lowest BCUT2D eigenvalue weighted by atomic mass is 10.3. The Balaban J connectivity index is 2.00. The number of thiazole rings is 1. The number of amides is 1. The van der Waals surface area contributed by atoms with Crippen molar-refractivity contribution in [3.8, 4) is 0 Å². The van der Waals surface area contributed by atoms with Gasteiger partial charge in [-0.3, -0.25) is 4.79 Å². The minimum absolute atomic E-state index is 0.108. The summed E-state index contributed by atoms with van der Waals surface area (Å²) in [5.74, 6) is -1.73. The minimum Gasteiger partial charge on any atom is -0.448 e. The molecule has 0 fully saturated rings.